The Morgan fingerprint density at radius 1 is 1.12 bits per heavy atom. The van der Waals surface area contributed by atoms with Crippen molar-refractivity contribution in [1.82, 2.24) is 19.9 Å². The predicted molar refractivity (Wildman–Crippen MR) is 96.1 cm³/mol. The molecule has 2 fully saturated rings. The van der Waals surface area contributed by atoms with Crippen LogP contribution in [0.3, 0.4) is 0 Å². The van der Waals surface area contributed by atoms with Crippen LogP contribution in [0.1, 0.15) is 57.7 Å². The van der Waals surface area contributed by atoms with E-state index in [1.165, 1.54) is 0 Å². The number of hydrogen-bond donors (Lipinski definition) is 0. The van der Waals surface area contributed by atoms with E-state index in [0.29, 0.717) is 29.7 Å². The van der Waals surface area contributed by atoms with Gasteiger partial charge in [0.05, 0.1) is 0 Å². The van der Waals surface area contributed by atoms with Crippen LogP contribution >= 0.6 is 0 Å². The summed E-state index contributed by atoms with van der Waals surface area (Å²) in [6.07, 6.45) is 6.03. The Kier molecular flexibility index (Phi) is 6.10. The molecule has 0 aliphatic carbocycles. The number of aryl methyl sites for hydroxylation is 1. The highest BCUT2D eigenvalue weighted by atomic mass is 16.5. The topological polar surface area (TPSA) is 62.5 Å². The number of nitrogens with zero attached hydrogens (tertiary/aromatic N) is 4. The van der Waals surface area contributed by atoms with Gasteiger partial charge in [-0.05, 0) is 64.5 Å². The number of likely N-dealkylation sites (tertiary alicyclic amines) is 2. The van der Waals surface area contributed by atoms with Crippen LogP contribution in [0.15, 0.2) is 4.52 Å². The zero-order valence-corrected chi connectivity index (χ0v) is 15.9. The smallest absolute Gasteiger partial charge is 0.223 e. The van der Waals surface area contributed by atoms with Crippen LogP contribution in [0.5, 0.6) is 0 Å². The molecule has 0 unspecified atom stereocenters. The molecule has 6 nitrogen and oxygen atoms in total. The minimum Gasteiger partial charge on any atom is -0.343 e. The van der Waals surface area contributed by atoms with Crippen molar-refractivity contribution >= 4 is 5.91 Å². The molecule has 3 rings (SSSR count). The Morgan fingerprint density at radius 3 is 2.32 bits per heavy atom. The minimum absolute atomic E-state index is 0.358. The second kappa shape index (κ2) is 8.30. The lowest BCUT2D eigenvalue weighted by atomic mass is 9.90. The van der Waals surface area contributed by atoms with Gasteiger partial charge in [0, 0.05) is 38.9 Å². The molecule has 1 amide bonds. The summed E-state index contributed by atoms with van der Waals surface area (Å²) >= 11 is 0. The molecule has 0 bridgehead atoms. The lowest BCUT2D eigenvalue weighted by molar-refractivity contribution is -0.134. The Labute approximate surface area is 150 Å². The SMILES string of the molecule is Cc1nc(CC2CCN(C(=O)CC3CCN(C(C)C)CC3)CC2)no1. The molecule has 1 aromatic heterocycles. The molecule has 1 aromatic rings. The fourth-order valence-electron chi connectivity index (χ4n) is 4.12. The van der Waals surface area contributed by atoms with Crippen molar-refractivity contribution in [3.63, 3.8) is 0 Å². The van der Waals surface area contributed by atoms with E-state index < -0.39 is 0 Å². The van der Waals surface area contributed by atoms with E-state index in [2.05, 4.69) is 33.8 Å². The summed E-state index contributed by atoms with van der Waals surface area (Å²) in [6.45, 7) is 10.4. The lowest BCUT2D eigenvalue weighted by Gasteiger charge is -2.36. The second-order valence-corrected chi connectivity index (χ2v) is 8.04. The van der Waals surface area contributed by atoms with Gasteiger partial charge >= 0.3 is 0 Å². The van der Waals surface area contributed by atoms with E-state index in [4.69, 9.17) is 4.52 Å². The van der Waals surface area contributed by atoms with Crippen molar-refractivity contribution in [3.8, 4) is 0 Å². The van der Waals surface area contributed by atoms with Crippen molar-refractivity contribution < 1.29 is 9.32 Å². The zero-order valence-electron chi connectivity index (χ0n) is 15.9. The van der Waals surface area contributed by atoms with Gasteiger partial charge in [-0.3, -0.25) is 4.79 Å². The van der Waals surface area contributed by atoms with Gasteiger partial charge in [-0.15, -0.1) is 0 Å². The molecule has 2 aliphatic heterocycles. The van der Waals surface area contributed by atoms with Gasteiger partial charge in [0.1, 0.15) is 0 Å². The molecule has 0 radical (unpaired) electrons. The van der Waals surface area contributed by atoms with Crippen LogP contribution in [0, 0.1) is 18.8 Å². The molecule has 6 heteroatoms. The van der Waals surface area contributed by atoms with Crippen LogP contribution in [0.4, 0.5) is 0 Å². The first-order valence-electron chi connectivity index (χ1n) is 9.82. The highest BCUT2D eigenvalue weighted by Gasteiger charge is 2.27. The summed E-state index contributed by atoms with van der Waals surface area (Å²) in [6, 6.07) is 0.624. The van der Waals surface area contributed by atoms with Crippen LogP contribution in [-0.4, -0.2) is 58.1 Å². The Hall–Kier alpha value is -1.43. The molecule has 0 N–H and O–H groups in total. The van der Waals surface area contributed by atoms with Gasteiger partial charge < -0.3 is 14.3 Å². The molecule has 0 atom stereocenters. The van der Waals surface area contributed by atoms with Crippen molar-refractivity contribution in [2.45, 2.75) is 65.3 Å². The van der Waals surface area contributed by atoms with E-state index >= 15 is 0 Å². The van der Waals surface area contributed by atoms with E-state index in [9.17, 15) is 4.79 Å². The summed E-state index contributed by atoms with van der Waals surface area (Å²) in [5, 5.41) is 3.99. The minimum atomic E-state index is 0.358. The van der Waals surface area contributed by atoms with Gasteiger partial charge in [-0.25, -0.2) is 0 Å². The van der Waals surface area contributed by atoms with Crippen molar-refractivity contribution in [1.29, 1.82) is 0 Å². The normalized spacial score (nSPS) is 21.2. The molecule has 2 saturated heterocycles. The van der Waals surface area contributed by atoms with Crippen LogP contribution in [0.2, 0.25) is 0 Å². The zero-order chi connectivity index (χ0) is 17.8. The molecule has 2 aliphatic rings. The standard InChI is InChI=1S/C19H32N4O2/c1-14(2)22-8-4-17(5-9-22)13-19(24)23-10-6-16(7-11-23)12-18-20-15(3)25-21-18/h14,16-17H,4-13H2,1-3H3. The highest BCUT2D eigenvalue weighted by molar-refractivity contribution is 5.76. The van der Waals surface area contributed by atoms with Crippen molar-refractivity contribution in [2.75, 3.05) is 26.2 Å². The van der Waals surface area contributed by atoms with E-state index in [0.717, 1.165) is 70.5 Å². The number of amides is 1. The molecule has 25 heavy (non-hydrogen) atoms. The molecular weight excluding hydrogens is 316 g/mol. The largest absolute Gasteiger partial charge is 0.343 e. The third-order valence-electron chi connectivity index (χ3n) is 5.85. The van der Waals surface area contributed by atoms with Crippen LogP contribution in [-0.2, 0) is 11.2 Å². The fourth-order valence-corrected chi connectivity index (χ4v) is 4.12. The van der Waals surface area contributed by atoms with Gasteiger partial charge in [0.2, 0.25) is 11.8 Å². The maximum atomic E-state index is 12.6. The third-order valence-corrected chi connectivity index (χ3v) is 5.85. The average molecular weight is 348 g/mol. The fraction of sp³-hybridized carbons (Fsp3) is 0.842. The number of carbonyl (C=O) groups excluding carboxylic acids is 1. The number of carbonyl (C=O) groups is 1. The summed E-state index contributed by atoms with van der Waals surface area (Å²) < 4.78 is 5.04. The molecule has 140 valence electrons. The van der Waals surface area contributed by atoms with E-state index in [1.807, 2.05) is 6.92 Å². The molecular formula is C19H32N4O2. The van der Waals surface area contributed by atoms with E-state index in [-0.39, 0.29) is 0 Å². The summed E-state index contributed by atoms with van der Waals surface area (Å²) in [5.74, 6) is 2.93. The quantitative estimate of drug-likeness (QED) is 0.819. The third kappa shape index (κ3) is 5.03. The molecule has 0 aromatic carbocycles. The first-order chi connectivity index (χ1) is 12.0. The number of rotatable bonds is 5. The predicted octanol–water partition coefficient (Wildman–Crippen LogP) is 2.67. The number of piperidine rings is 2. The highest BCUT2D eigenvalue weighted by Crippen LogP contribution is 2.25. The molecule has 3 heterocycles. The monoisotopic (exact) mass is 348 g/mol. The summed E-state index contributed by atoms with van der Waals surface area (Å²) in [7, 11) is 0. The van der Waals surface area contributed by atoms with Gasteiger partial charge in [-0.2, -0.15) is 4.98 Å². The lowest BCUT2D eigenvalue weighted by Crippen LogP contribution is -2.42. The maximum Gasteiger partial charge on any atom is 0.223 e. The first kappa shape index (κ1) is 18.4. The molecule has 0 saturated carbocycles. The number of aromatic nitrogens is 2. The average Bonchev–Trinajstić information content (AvgIpc) is 3.01. The van der Waals surface area contributed by atoms with Gasteiger partial charge in [-0.1, -0.05) is 5.16 Å². The summed E-state index contributed by atoms with van der Waals surface area (Å²) in [5.41, 5.74) is 0. The Balaban J connectivity index is 1.38. The molecule has 0 spiro atoms. The first-order valence-corrected chi connectivity index (χ1v) is 9.82. The van der Waals surface area contributed by atoms with E-state index in [1.54, 1.807) is 0 Å². The van der Waals surface area contributed by atoms with Gasteiger partial charge in [0.15, 0.2) is 5.82 Å². The summed E-state index contributed by atoms with van der Waals surface area (Å²) in [4.78, 5) is 21.5. The maximum absolute atomic E-state index is 12.6. The van der Waals surface area contributed by atoms with Crippen LogP contribution < -0.4 is 0 Å². The Morgan fingerprint density at radius 2 is 1.76 bits per heavy atom. The van der Waals surface area contributed by atoms with Crippen molar-refractivity contribution in [3.05, 3.63) is 11.7 Å². The second-order valence-electron chi connectivity index (χ2n) is 8.04. The van der Waals surface area contributed by atoms with Gasteiger partial charge in [0.25, 0.3) is 0 Å². The van der Waals surface area contributed by atoms with Crippen LogP contribution in [0.25, 0.3) is 0 Å². The van der Waals surface area contributed by atoms with Crippen molar-refractivity contribution in [2.24, 2.45) is 11.8 Å². The number of hydrogen-bond acceptors (Lipinski definition) is 5. The Bertz CT molecular complexity index is 556.